The van der Waals surface area contributed by atoms with Gasteiger partial charge in [-0.25, -0.2) is 0 Å². The summed E-state index contributed by atoms with van der Waals surface area (Å²) in [5, 5.41) is 13.0. The van der Waals surface area contributed by atoms with Gasteiger partial charge in [-0.3, -0.25) is 4.79 Å². The first-order valence-corrected chi connectivity index (χ1v) is 7.93. The Kier molecular flexibility index (Phi) is 4.77. The van der Waals surface area contributed by atoms with Crippen LogP contribution >= 0.6 is 0 Å². The van der Waals surface area contributed by atoms with Gasteiger partial charge in [0.1, 0.15) is 12.7 Å². The van der Waals surface area contributed by atoms with Crippen LogP contribution in [0.2, 0.25) is 0 Å². The lowest BCUT2D eigenvalue weighted by atomic mass is 10.0. The standard InChI is InChI=1S/C18H17F3N2O4/c1-26-13-7-10(8-14(27-2)15(13)24)16-22-12-6-4-3-5-11(12)17(25)23(16)9-18(19,20)21/h3-8,16,22,24H,9H2,1-2H3/t16-/m0/s1. The lowest BCUT2D eigenvalue weighted by molar-refractivity contribution is -0.144. The number of fused-ring (bicyclic) bond motifs is 1. The van der Waals surface area contributed by atoms with Crippen molar-refractivity contribution in [3.8, 4) is 17.2 Å². The van der Waals surface area contributed by atoms with E-state index in [4.69, 9.17) is 9.47 Å². The maximum absolute atomic E-state index is 13.1. The summed E-state index contributed by atoms with van der Waals surface area (Å²) in [6, 6.07) is 9.05. The molecule has 1 amide bonds. The fraction of sp³-hybridized carbons (Fsp3) is 0.278. The van der Waals surface area contributed by atoms with Crippen molar-refractivity contribution in [2.24, 2.45) is 0 Å². The molecule has 0 saturated heterocycles. The van der Waals surface area contributed by atoms with Crippen LogP contribution in [0.3, 0.4) is 0 Å². The molecule has 0 aliphatic carbocycles. The number of aromatic hydroxyl groups is 1. The molecule has 1 aliphatic rings. The number of carbonyl (C=O) groups is 1. The molecule has 1 atom stereocenters. The van der Waals surface area contributed by atoms with Crippen LogP contribution in [0.15, 0.2) is 36.4 Å². The monoisotopic (exact) mass is 382 g/mol. The van der Waals surface area contributed by atoms with Crippen molar-refractivity contribution in [2.45, 2.75) is 12.3 Å². The number of phenolic OH excluding ortho intramolecular Hbond substituents is 1. The van der Waals surface area contributed by atoms with Crippen LogP contribution in [0.25, 0.3) is 0 Å². The van der Waals surface area contributed by atoms with E-state index in [0.29, 0.717) is 10.6 Å². The van der Waals surface area contributed by atoms with Crippen molar-refractivity contribution in [1.29, 1.82) is 0 Å². The SMILES string of the molecule is COc1cc([C@H]2Nc3ccccc3C(=O)N2CC(F)(F)F)cc(OC)c1O. The molecule has 0 spiro atoms. The van der Waals surface area contributed by atoms with Crippen LogP contribution in [0.5, 0.6) is 17.2 Å². The van der Waals surface area contributed by atoms with Crippen LogP contribution in [0.1, 0.15) is 22.1 Å². The van der Waals surface area contributed by atoms with Gasteiger partial charge in [-0.05, 0) is 24.3 Å². The molecule has 2 N–H and O–H groups in total. The Labute approximate surface area is 153 Å². The minimum Gasteiger partial charge on any atom is -0.502 e. The highest BCUT2D eigenvalue weighted by Gasteiger charge is 2.41. The van der Waals surface area contributed by atoms with Crippen molar-refractivity contribution < 1.29 is 32.5 Å². The quantitative estimate of drug-likeness (QED) is 0.847. The summed E-state index contributed by atoms with van der Waals surface area (Å²) in [4.78, 5) is 13.4. The zero-order valence-electron chi connectivity index (χ0n) is 14.5. The smallest absolute Gasteiger partial charge is 0.406 e. The molecule has 3 rings (SSSR count). The van der Waals surface area contributed by atoms with Gasteiger partial charge in [0.25, 0.3) is 5.91 Å². The highest BCUT2D eigenvalue weighted by molar-refractivity contribution is 6.01. The number of nitrogens with zero attached hydrogens (tertiary/aromatic N) is 1. The maximum Gasteiger partial charge on any atom is 0.406 e. The molecule has 0 unspecified atom stereocenters. The Morgan fingerprint density at radius 2 is 1.74 bits per heavy atom. The minimum absolute atomic E-state index is 0.0180. The van der Waals surface area contributed by atoms with Crippen LogP contribution in [-0.4, -0.2) is 42.9 Å². The Hall–Kier alpha value is -3.10. The number of ether oxygens (including phenoxy) is 2. The van der Waals surface area contributed by atoms with E-state index in [1.54, 1.807) is 18.2 Å². The Balaban J connectivity index is 2.12. The van der Waals surface area contributed by atoms with E-state index in [2.05, 4.69) is 5.32 Å². The van der Waals surface area contributed by atoms with Gasteiger partial charge >= 0.3 is 6.18 Å². The van der Waals surface area contributed by atoms with Gasteiger partial charge in [-0.15, -0.1) is 0 Å². The molecule has 1 aliphatic heterocycles. The van der Waals surface area contributed by atoms with Gasteiger partial charge < -0.3 is 24.8 Å². The molecule has 0 aromatic heterocycles. The fourth-order valence-electron chi connectivity index (χ4n) is 2.98. The molecule has 2 aromatic rings. The lowest BCUT2D eigenvalue weighted by Gasteiger charge is -2.38. The number of para-hydroxylation sites is 1. The number of methoxy groups -OCH3 is 2. The van der Waals surface area contributed by atoms with Gasteiger partial charge in [0, 0.05) is 11.3 Å². The van der Waals surface area contributed by atoms with Crippen molar-refractivity contribution in [1.82, 2.24) is 4.90 Å². The zero-order chi connectivity index (χ0) is 19.8. The number of phenols is 1. The Morgan fingerprint density at radius 3 is 2.30 bits per heavy atom. The first-order chi connectivity index (χ1) is 12.7. The highest BCUT2D eigenvalue weighted by Crippen LogP contribution is 2.42. The van der Waals surface area contributed by atoms with Crippen LogP contribution in [-0.2, 0) is 0 Å². The molecular weight excluding hydrogens is 365 g/mol. The maximum atomic E-state index is 13.1. The number of amides is 1. The largest absolute Gasteiger partial charge is 0.502 e. The zero-order valence-corrected chi connectivity index (χ0v) is 14.5. The third-order valence-electron chi connectivity index (χ3n) is 4.19. The Bertz CT molecular complexity index is 845. The van der Waals surface area contributed by atoms with Crippen molar-refractivity contribution in [2.75, 3.05) is 26.1 Å². The van der Waals surface area contributed by atoms with E-state index in [1.807, 2.05) is 0 Å². The third kappa shape index (κ3) is 3.57. The first kappa shape index (κ1) is 18.7. The van der Waals surface area contributed by atoms with E-state index >= 15 is 0 Å². The molecule has 27 heavy (non-hydrogen) atoms. The second-order valence-electron chi connectivity index (χ2n) is 5.91. The summed E-state index contributed by atoms with van der Waals surface area (Å²) < 4.78 is 49.5. The van der Waals surface area contributed by atoms with E-state index in [9.17, 15) is 23.1 Å². The average Bonchev–Trinajstić information content (AvgIpc) is 2.63. The van der Waals surface area contributed by atoms with Gasteiger partial charge in [-0.2, -0.15) is 13.2 Å². The van der Waals surface area contributed by atoms with Gasteiger partial charge in [0.05, 0.1) is 19.8 Å². The number of rotatable bonds is 4. The Morgan fingerprint density at radius 1 is 1.15 bits per heavy atom. The number of alkyl halides is 3. The first-order valence-electron chi connectivity index (χ1n) is 7.93. The number of hydrogen-bond donors (Lipinski definition) is 2. The van der Waals surface area contributed by atoms with Crippen LogP contribution < -0.4 is 14.8 Å². The molecule has 0 radical (unpaired) electrons. The number of hydrogen-bond acceptors (Lipinski definition) is 5. The number of nitrogens with one attached hydrogen (secondary N) is 1. The normalized spacial score (nSPS) is 16.6. The molecule has 0 bridgehead atoms. The number of halogens is 3. The summed E-state index contributed by atoms with van der Waals surface area (Å²) in [7, 11) is 2.61. The fourth-order valence-corrected chi connectivity index (χ4v) is 2.98. The van der Waals surface area contributed by atoms with Gasteiger partial charge in [0.15, 0.2) is 11.5 Å². The summed E-state index contributed by atoms with van der Waals surface area (Å²) in [5.74, 6) is -1.000. The van der Waals surface area contributed by atoms with Gasteiger partial charge in [-0.1, -0.05) is 12.1 Å². The second kappa shape index (κ2) is 6.90. The summed E-state index contributed by atoms with van der Waals surface area (Å²) in [6.45, 7) is -1.44. The van der Waals surface area contributed by atoms with E-state index < -0.39 is 24.8 Å². The van der Waals surface area contributed by atoms with Crippen molar-refractivity contribution in [3.05, 3.63) is 47.5 Å². The molecule has 144 valence electrons. The minimum atomic E-state index is -4.59. The third-order valence-corrected chi connectivity index (χ3v) is 4.19. The molecule has 2 aromatic carbocycles. The molecule has 0 saturated carbocycles. The number of carbonyl (C=O) groups excluding carboxylic acids is 1. The second-order valence-corrected chi connectivity index (χ2v) is 5.91. The van der Waals surface area contributed by atoms with Gasteiger partial charge in [0.2, 0.25) is 5.75 Å². The topological polar surface area (TPSA) is 71.0 Å². The summed E-state index contributed by atoms with van der Waals surface area (Å²) in [5.41, 5.74) is 0.834. The molecular formula is C18H17F3N2O4. The van der Waals surface area contributed by atoms with E-state index in [1.165, 1.54) is 32.4 Å². The van der Waals surface area contributed by atoms with Crippen LogP contribution in [0.4, 0.5) is 18.9 Å². The predicted octanol–water partition coefficient (Wildman–Crippen LogP) is 3.54. The van der Waals surface area contributed by atoms with Crippen molar-refractivity contribution in [3.63, 3.8) is 0 Å². The average molecular weight is 382 g/mol. The summed E-state index contributed by atoms with van der Waals surface area (Å²) in [6.07, 6.45) is -5.72. The molecule has 0 fully saturated rings. The number of benzene rings is 2. The molecule has 6 nitrogen and oxygen atoms in total. The lowest BCUT2D eigenvalue weighted by Crippen LogP contribution is -2.47. The summed E-state index contributed by atoms with van der Waals surface area (Å²) >= 11 is 0. The molecule has 1 heterocycles. The predicted molar refractivity (Wildman–Crippen MR) is 91.1 cm³/mol. The van der Waals surface area contributed by atoms with Crippen LogP contribution in [0, 0.1) is 0 Å². The van der Waals surface area contributed by atoms with E-state index in [-0.39, 0.29) is 28.4 Å². The highest BCUT2D eigenvalue weighted by atomic mass is 19.4. The van der Waals surface area contributed by atoms with Crippen molar-refractivity contribution >= 4 is 11.6 Å². The number of anilines is 1. The molecule has 9 heteroatoms. The van der Waals surface area contributed by atoms with E-state index in [0.717, 1.165) is 0 Å².